The van der Waals surface area contributed by atoms with Crippen molar-refractivity contribution in [1.82, 2.24) is 25.5 Å². The van der Waals surface area contributed by atoms with E-state index in [-0.39, 0.29) is 35.0 Å². The van der Waals surface area contributed by atoms with Crippen LogP contribution >= 0.6 is 0 Å². The third-order valence-corrected chi connectivity index (χ3v) is 7.07. The van der Waals surface area contributed by atoms with E-state index in [4.69, 9.17) is 4.74 Å². The Morgan fingerprint density at radius 2 is 1.80 bits per heavy atom. The second kappa shape index (κ2) is 11.8. The van der Waals surface area contributed by atoms with E-state index in [1.807, 2.05) is 0 Å². The summed E-state index contributed by atoms with van der Waals surface area (Å²) in [4.78, 5) is 47.3. The predicted octanol–water partition coefficient (Wildman–Crippen LogP) is 3.86. The smallest absolute Gasteiger partial charge is 0.416 e. The fourth-order valence-corrected chi connectivity index (χ4v) is 5.04. The quantitative estimate of drug-likeness (QED) is 0.466. The molecule has 1 atom stereocenters. The number of carbonyl (C=O) groups is 3. The van der Waals surface area contributed by atoms with Gasteiger partial charge in [-0.2, -0.15) is 13.2 Å². The number of fused-ring (bicyclic) bond motifs is 1. The number of aromatic nitrogens is 2. The number of anilines is 1. The Labute approximate surface area is 230 Å². The minimum Gasteiger partial charge on any atom is -0.444 e. The highest BCUT2D eigenvalue weighted by Gasteiger charge is 2.34. The van der Waals surface area contributed by atoms with E-state index in [1.165, 1.54) is 12.4 Å². The van der Waals surface area contributed by atoms with E-state index in [0.29, 0.717) is 57.3 Å². The summed E-state index contributed by atoms with van der Waals surface area (Å²) in [6.45, 7) is 6.47. The lowest BCUT2D eigenvalue weighted by molar-refractivity contribution is -0.137. The molecule has 0 bridgehead atoms. The fourth-order valence-electron chi connectivity index (χ4n) is 5.04. The van der Waals surface area contributed by atoms with Gasteiger partial charge in [0.1, 0.15) is 23.8 Å². The number of nitrogens with one attached hydrogen (secondary N) is 3. The SMILES string of the molecule is CC(C)(C)OC(=O)NC1CCC(C(=O)NCCN2CC[C@H](Nc3ncnc4ccc(C(F)(F)F)cc34)C2=O)CC1. The van der Waals surface area contributed by atoms with E-state index < -0.39 is 29.5 Å². The minimum atomic E-state index is -4.51. The fraction of sp³-hybridized carbons (Fsp3) is 0.593. The standard InChI is InChI=1S/C27H35F3N6O4/c1-26(2,3)40-25(39)34-18-7-4-16(5-8-18)23(37)31-11-13-36-12-10-21(24(36)38)35-22-19-14-17(27(28,29)30)6-9-20(19)32-15-33-22/h6,9,14-16,18,21H,4-5,7-8,10-13H2,1-3H3,(H,31,37)(H,34,39)(H,32,33,35)/t16?,18?,21-/m0/s1. The molecular weight excluding hydrogens is 529 g/mol. The van der Waals surface area contributed by atoms with Crippen LogP contribution in [0.1, 0.15) is 58.4 Å². The maximum atomic E-state index is 13.2. The van der Waals surface area contributed by atoms with E-state index >= 15 is 0 Å². The Kier molecular flexibility index (Phi) is 8.69. The van der Waals surface area contributed by atoms with Gasteiger partial charge in [-0.3, -0.25) is 9.59 Å². The number of alkyl carbamates (subject to hydrolysis) is 1. The third-order valence-electron chi connectivity index (χ3n) is 7.07. The molecule has 1 aliphatic carbocycles. The molecule has 1 aromatic heterocycles. The number of alkyl halides is 3. The van der Waals surface area contributed by atoms with E-state index in [0.717, 1.165) is 12.1 Å². The van der Waals surface area contributed by atoms with Gasteiger partial charge in [-0.05, 0) is 71.1 Å². The zero-order valence-corrected chi connectivity index (χ0v) is 22.8. The first-order valence-electron chi connectivity index (χ1n) is 13.4. The van der Waals surface area contributed by atoms with Crippen molar-refractivity contribution in [2.45, 2.75) is 76.7 Å². The van der Waals surface area contributed by atoms with Crippen molar-refractivity contribution < 1.29 is 32.3 Å². The molecule has 10 nitrogen and oxygen atoms in total. The largest absolute Gasteiger partial charge is 0.444 e. The monoisotopic (exact) mass is 564 g/mol. The van der Waals surface area contributed by atoms with Gasteiger partial charge in [0.2, 0.25) is 11.8 Å². The molecule has 218 valence electrons. The van der Waals surface area contributed by atoms with E-state index in [1.54, 1.807) is 25.7 Å². The maximum Gasteiger partial charge on any atom is 0.416 e. The van der Waals surface area contributed by atoms with Crippen LogP contribution in [0.15, 0.2) is 24.5 Å². The Hall–Kier alpha value is -3.64. The molecule has 2 heterocycles. The topological polar surface area (TPSA) is 126 Å². The van der Waals surface area contributed by atoms with Crippen molar-refractivity contribution in [2.24, 2.45) is 5.92 Å². The first kappa shape index (κ1) is 29.3. The highest BCUT2D eigenvalue weighted by molar-refractivity contribution is 5.93. The molecule has 1 aromatic carbocycles. The van der Waals surface area contributed by atoms with Gasteiger partial charge in [0.05, 0.1) is 11.1 Å². The number of likely N-dealkylation sites (tertiary alicyclic amines) is 1. The first-order valence-corrected chi connectivity index (χ1v) is 13.4. The summed E-state index contributed by atoms with van der Waals surface area (Å²) in [7, 11) is 0. The lowest BCUT2D eigenvalue weighted by Crippen LogP contribution is -2.44. The van der Waals surface area contributed by atoms with Crippen LogP contribution in [-0.4, -0.2) is 70.1 Å². The molecule has 40 heavy (non-hydrogen) atoms. The predicted molar refractivity (Wildman–Crippen MR) is 141 cm³/mol. The lowest BCUT2D eigenvalue weighted by atomic mass is 9.85. The Bertz CT molecular complexity index is 1240. The lowest BCUT2D eigenvalue weighted by Gasteiger charge is -2.29. The zero-order valence-electron chi connectivity index (χ0n) is 22.8. The van der Waals surface area contributed by atoms with Gasteiger partial charge in [0.25, 0.3) is 0 Å². The number of halogens is 3. The molecule has 13 heteroatoms. The molecule has 2 aromatic rings. The van der Waals surface area contributed by atoms with Crippen LogP contribution in [0.5, 0.6) is 0 Å². The summed E-state index contributed by atoms with van der Waals surface area (Å²) in [5, 5.41) is 8.94. The number of hydrogen-bond donors (Lipinski definition) is 3. The molecule has 3 amide bonds. The second-order valence-corrected chi connectivity index (χ2v) is 11.2. The van der Waals surface area contributed by atoms with Crippen molar-refractivity contribution in [1.29, 1.82) is 0 Å². The summed E-state index contributed by atoms with van der Waals surface area (Å²) in [6, 6.07) is 2.54. The van der Waals surface area contributed by atoms with Gasteiger partial charge in [-0.15, -0.1) is 0 Å². The molecule has 0 radical (unpaired) electrons. The van der Waals surface area contributed by atoms with Crippen LogP contribution in [-0.2, 0) is 20.5 Å². The van der Waals surface area contributed by atoms with Gasteiger partial charge in [-0.25, -0.2) is 14.8 Å². The molecule has 2 fully saturated rings. The number of rotatable bonds is 7. The molecule has 0 unspecified atom stereocenters. The summed E-state index contributed by atoms with van der Waals surface area (Å²) in [5.74, 6) is -0.277. The molecule has 3 N–H and O–H groups in total. The van der Waals surface area contributed by atoms with E-state index in [2.05, 4.69) is 25.9 Å². The molecule has 1 saturated carbocycles. The first-order chi connectivity index (χ1) is 18.8. The van der Waals surface area contributed by atoms with Crippen molar-refractivity contribution in [2.75, 3.05) is 25.0 Å². The average Bonchev–Trinajstić information content (AvgIpc) is 3.21. The number of nitrogens with zero attached hydrogens (tertiary/aromatic N) is 3. The highest BCUT2D eigenvalue weighted by atomic mass is 19.4. The summed E-state index contributed by atoms with van der Waals surface area (Å²) >= 11 is 0. The van der Waals surface area contributed by atoms with Crippen LogP contribution in [0.2, 0.25) is 0 Å². The third kappa shape index (κ3) is 7.51. The van der Waals surface area contributed by atoms with Gasteiger partial charge in [0, 0.05) is 37.0 Å². The number of benzene rings is 1. The summed E-state index contributed by atoms with van der Waals surface area (Å²) in [6.07, 6.45) is -0.634. The number of hydrogen-bond acceptors (Lipinski definition) is 7. The Morgan fingerprint density at radius 3 is 2.48 bits per heavy atom. The van der Waals surface area contributed by atoms with E-state index in [9.17, 15) is 27.6 Å². The second-order valence-electron chi connectivity index (χ2n) is 11.2. The van der Waals surface area contributed by atoms with Crippen molar-refractivity contribution >= 4 is 34.6 Å². The molecule has 1 saturated heterocycles. The molecule has 0 spiro atoms. The minimum absolute atomic E-state index is 0.0300. The summed E-state index contributed by atoms with van der Waals surface area (Å²) < 4.78 is 44.9. The average molecular weight is 565 g/mol. The number of carbonyl (C=O) groups excluding carboxylic acids is 3. The van der Waals surface area contributed by atoms with Crippen molar-refractivity contribution in [3.05, 3.63) is 30.1 Å². The maximum absolute atomic E-state index is 13.2. The van der Waals surface area contributed by atoms with Crippen molar-refractivity contribution in [3.8, 4) is 0 Å². The zero-order chi connectivity index (χ0) is 29.1. The van der Waals surface area contributed by atoms with Gasteiger partial charge in [0.15, 0.2) is 0 Å². The summed E-state index contributed by atoms with van der Waals surface area (Å²) in [5.41, 5.74) is -1.05. The van der Waals surface area contributed by atoms with Crippen LogP contribution < -0.4 is 16.0 Å². The molecular formula is C27H35F3N6O4. The Morgan fingerprint density at radius 1 is 1.07 bits per heavy atom. The molecule has 4 rings (SSSR count). The normalized spacial score (nSPS) is 21.8. The highest BCUT2D eigenvalue weighted by Crippen LogP contribution is 2.33. The van der Waals surface area contributed by atoms with Gasteiger partial charge >= 0.3 is 12.3 Å². The van der Waals surface area contributed by atoms with Crippen LogP contribution in [0.4, 0.5) is 23.8 Å². The van der Waals surface area contributed by atoms with Crippen molar-refractivity contribution in [3.63, 3.8) is 0 Å². The van der Waals surface area contributed by atoms with Gasteiger partial charge < -0.3 is 25.6 Å². The van der Waals surface area contributed by atoms with Crippen LogP contribution in [0.25, 0.3) is 10.9 Å². The molecule has 1 aliphatic heterocycles. The Balaban J connectivity index is 1.22. The number of ether oxygens (including phenoxy) is 1. The number of amides is 3. The van der Waals surface area contributed by atoms with Gasteiger partial charge in [-0.1, -0.05) is 0 Å². The molecule has 2 aliphatic rings. The van der Waals surface area contributed by atoms with Crippen LogP contribution in [0, 0.1) is 5.92 Å². The van der Waals surface area contributed by atoms with Crippen LogP contribution in [0.3, 0.4) is 0 Å².